The molecule has 1 fully saturated rings. The standard InChI is InChI=1S/C25H28N6O5/c1-25(24-28-16-12-20(34-3)21(35-4)13-17(16)29-24)7-6-10-30(25)23(32)15-11-19(33-2)22(36-5)14-18(15)31-26-8-9-27-31/h8-9,11-14H,6-7,10H2,1-5H3,(H,28,29)/t25-/m0/s1. The maximum absolute atomic E-state index is 14.1. The summed E-state index contributed by atoms with van der Waals surface area (Å²) in [6.07, 6.45) is 4.69. The zero-order chi connectivity index (χ0) is 25.4. The molecule has 36 heavy (non-hydrogen) atoms. The van der Waals surface area contributed by atoms with Crippen molar-refractivity contribution in [1.29, 1.82) is 0 Å². The van der Waals surface area contributed by atoms with Gasteiger partial charge in [-0.1, -0.05) is 0 Å². The second kappa shape index (κ2) is 9.06. The number of aromatic nitrogens is 5. The normalized spacial score (nSPS) is 17.4. The SMILES string of the molecule is COc1cc(C(=O)N2CCC[C@@]2(C)c2nc3cc(OC)c(OC)cc3[nH]2)c(-n2nccn2)cc1OC. The lowest BCUT2D eigenvalue weighted by Gasteiger charge is -2.34. The van der Waals surface area contributed by atoms with Gasteiger partial charge in [-0.15, -0.1) is 0 Å². The fourth-order valence-electron chi connectivity index (χ4n) is 4.82. The highest BCUT2D eigenvalue weighted by atomic mass is 16.5. The van der Waals surface area contributed by atoms with E-state index < -0.39 is 5.54 Å². The number of methoxy groups -OCH3 is 4. The van der Waals surface area contributed by atoms with E-state index in [0.29, 0.717) is 46.6 Å². The van der Waals surface area contributed by atoms with Crippen molar-refractivity contribution in [2.75, 3.05) is 35.0 Å². The third-order valence-corrected chi connectivity index (χ3v) is 6.75. The van der Waals surface area contributed by atoms with Crippen LogP contribution in [0.15, 0.2) is 36.7 Å². The number of rotatable bonds is 7. The molecule has 0 spiro atoms. The zero-order valence-corrected chi connectivity index (χ0v) is 20.9. The predicted molar refractivity (Wildman–Crippen MR) is 131 cm³/mol. The smallest absolute Gasteiger partial charge is 0.257 e. The molecular formula is C25H28N6O5. The second-order valence-corrected chi connectivity index (χ2v) is 8.69. The molecule has 188 valence electrons. The van der Waals surface area contributed by atoms with Crippen LogP contribution < -0.4 is 18.9 Å². The van der Waals surface area contributed by atoms with E-state index in [9.17, 15) is 4.79 Å². The number of nitrogens with one attached hydrogen (secondary N) is 1. The minimum atomic E-state index is -0.668. The molecule has 0 bridgehead atoms. The topological polar surface area (TPSA) is 117 Å². The number of hydrogen-bond acceptors (Lipinski definition) is 8. The molecular weight excluding hydrogens is 464 g/mol. The maximum Gasteiger partial charge on any atom is 0.257 e. The van der Waals surface area contributed by atoms with E-state index in [2.05, 4.69) is 15.2 Å². The molecule has 2 aromatic carbocycles. The van der Waals surface area contributed by atoms with Crippen molar-refractivity contribution in [3.63, 3.8) is 0 Å². The minimum absolute atomic E-state index is 0.182. The molecule has 4 aromatic rings. The molecule has 2 aromatic heterocycles. The minimum Gasteiger partial charge on any atom is -0.493 e. The summed E-state index contributed by atoms with van der Waals surface area (Å²) in [7, 11) is 6.26. The fourth-order valence-corrected chi connectivity index (χ4v) is 4.82. The van der Waals surface area contributed by atoms with Crippen LogP contribution in [0.3, 0.4) is 0 Å². The summed E-state index contributed by atoms with van der Waals surface area (Å²) < 4.78 is 21.8. The van der Waals surface area contributed by atoms with Gasteiger partial charge in [-0.05, 0) is 25.8 Å². The Labute approximate surface area is 207 Å². The number of imidazole rings is 1. The Hall–Kier alpha value is -4.28. The first-order valence-electron chi connectivity index (χ1n) is 11.5. The number of amides is 1. The number of aromatic amines is 1. The van der Waals surface area contributed by atoms with Gasteiger partial charge in [0.25, 0.3) is 5.91 Å². The lowest BCUT2D eigenvalue weighted by Crippen LogP contribution is -2.44. The summed E-state index contributed by atoms with van der Waals surface area (Å²) >= 11 is 0. The Bertz CT molecular complexity index is 1380. The van der Waals surface area contributed by atoms with Crippen molar-refractivity contribution in [3.05, 3.63) is 48.0 Å². The molecule has 0 radical (unpaired) electrons. The van der Waals surface area contributed by atoms with Gasteiger partial charge in [0.2, 0.25) is 0 Å². The van der Waals surface area contributed by atoms with E-state index in [1.807, 2.05) is 24.0 Å². The Morgan fingerprint density at radius 1 is 0.917 bits per heavy atom. The van der Waals surface area contributed by atoms with Gasteiger partial charge in [-0.2, -0.15) is 15.0 Å². The van der Waals surface area contributed by atoms with Gasteiger partial charge in [-0.3, -0.25) is 4.79 Å². The van der Waals surface area contributed by atoms with Crippen LogP contribution >= 0.6 is 0 Å². The Balaban J connectivity index is 1.59. The summed E-state index contributed by atoms with van der Waals surface area (Å²) in [4.78, 5) is 25.6. The Morgan fingerprint density at radius 2 is 1.53 bits per heavy atom. The molecule has 11 nitrogen and oxygen atoms in total. The fraction of sp³-hybridized carbons (Fsp3) is 0.360. The Morgan fingerprint density at radius 3 is 2.19 bits per heavy atom. The molecule has 5 rings (SSSR count). The highest BCUT2D eigenvalue weighted by Gasteiger charge is 2.44. The van der Waals surface area contributed by atoms with Crippen molar-refractivity contribution in [3.8, 4) is 28.7 Å². The van der Waals surface area contributed by atoms with Gasteiger partial charge in [0.1, 0.15) is 11.5 Å². The van der Waals surface area contributed by atoms with E-state index in [0.717, 1.165) is 23.9 Å². The number of likely N-dealkylation sites (tertiary alicyclic amines) is 1. The first-order valence-corrected chi connectivity index (χ1v) is 11.5. The summed E-state index contributed by atoms with van der Waals surface area (Å²) in [6.45, 7) is 2.59. The van der Waals surface area contributed by atoms with E-state index in [1.54, 1.807) is 45.9 Å². The average Bonchev–Trinajstić information content (AvgIpc) is 3.66. The van der Waals surface area contributed by atoms with Gasteiger partial charge < -0.3 is 28.8 Å². The molecule has 1 aliphatic rings. The lowest BCUT2D eigenvalue weighted by atomic mass is 9.97. The monoisotopic (exact) mass is 492 g/mol. The third-order valence-electron chi connectivity index (χ3n) is 6.75. The van der Waals surface area contributed by atoms with E-state index >= 15 is 0 Å². The molecule has 1 aliphatic heterocycles. The quantitative estimate of drug-likeness (QED) is 0.418. The zero-order valence-electron chi connectivity index (χ0n) is 20.9. The summed E-state index contributed by atoms with van der Waals surface area (Å²) in [5, 5.41) is 8.48. The molecule has 0 saturated carbocycles. The van der Waals surface area contributed by atoms with Crippen molar-refractivity contribution in [1.82, 2.24) is 29.9 Å². The van der Waals surface area contributed by atoms with Crippen LogP contribution in [0.5, 0.6) is 23.0 Å². The van der Waals surface area contributed by atoms with Crippen LogP contribution in [0.25, 0.3) is 16.7 Å². The average molecular weight is 493 g/mol. The molecule has 1 amide bonds. The maximum atomic E-state index is 14.1. The lowest BCUT2D eigenvalue weighted by molar-refractivity contribution is 0.0605. The summed E-state index contributed by atoms with van der Waals surface area (Å²) in [5.74, 6) is 2.63. The Kier molecular flexibility index (Phi) is 5.91. The van der Waals surface area contributed by atoms with Crippen molar-refractivity contribution >= 4 is 16.9 Å². The number of H-pyrrole nitrogens is 1. The molecule has 0 unspecified atom stereocenters. The van der Waals surface area contributed by atoms with Crippen molar-refractivity contribution in [2.24, 2.45) is 0 Å². The first kappa shape index (κ1) is 23.5. The van der Waals surface area contributed by atoms with E-state index in [1.165, 1.54) is 11.9 Å². The molecule has 0 aliphatic carbocycles. The molecule has 3 heterocycles. The molecule has 1 N–H and O–H groups in total. The van der Waals surface area contributed by atoms with Gasteiger partial charge in [-0.25, -0.2) is 4.98 Å². The summed E-state index contributed by atoms with van der Waals surface area (Å²) in [6, 6.07) is 7.06. The van der Waals surface area contributed by atoms with Gasteiger partial charge in [0.15, 0.2) is 23.0 Å². The predicted octanol–water partition coefficient (Wildman–Crippen LogP) is 3.33. The van der Waals surface area contributed by atoms with E-state index in [-0.39, 0.29) is 5.91 Å². The van der Waals surface area contributed by atoms with Crippen LogP contribution in [0.1, 0.15) is 35.9 Å². The number of carbonyl (C=O) groups is 1. The number of fused-ring (bicyclic) bond motifs is 1. The number of carbonyl (C=O) groups excluding carboxylic acids is 1. The van der Waals surface area contributed by atoms with Crippen LogP contribution in [0, 0.1) is 0 Å². The van der Waals surface area contributed by atoms with Crippen LogP contribution in [0.2, 0.25) is 0 Å². The molecule has 1 saturated heterocycles. The van der Waals surface area contributed by atoms with E-state index in [4.69, 9.17) is 23.9 Å². The summed E-state index contributed by atoms with van der Waals surface area (Å²) in [5.41, 5.74) is 1.76. The van der Waals surface area contributed by atoms with Crippen LogP contribution in [-0.2, 0) is 5.54 Å². The van der Waals surface area contributed by atoms with Crippen molar-refractivity contribution in [2.45, 2.75) is 25.3 Å². The molecule has 11 heteroatoms. The number of nitrogens with zero attached hydrogens (tertiary/aromatic N) is 5. The van der Waals surface area contributed by atoms with Crippen molar-refractivity contribution < 1.29 is 23.7 Å². The molecule has 1 atom stereocenters. The third kappa shape index (κ3) is 3.67. The van der Waals surface area contributed by atoms with Crippen LogP contribution in [0.4, 0.5) is 0 Å². The van der Waals surface area contributed by atoms with Gasteiger partial charge >= 0.3 is 0 Å². The number of benzene rings is 2. The largest absolute Gasteiger partial charge is 0.493 e. The number of hydrogen-bond donors (Lipinski definition) is 1. The highest BCUT2D eigenvalue weighted by molar-refractivity contribution is 5.99. The van der Waals surface area contributed by atoms with Crippen LogP contribution in [-0.4, -0.2) is 70.8 Å². The van der Waals surface area contributed by atoms with Gasteiger partial charge in [0, 0.05) is 24.7 Å². The highest BCUT2D eigenvalue weighted by Crippen LogP contribution is 2.41. The first-order chi connectivity index (χ1) is 17.4. The van der Waals surface area contributed by atoms with Gasteiger partial charge in [0.05, 0.1) is 63.0 Å². The second-order valence-electron chi connectivity index (χ2n) is 8.69. The number of ether oxygens (including phenoxy) is 4.